The lowest BCUT2D eigenvalue weighted by molar-refractivity contribution is -0.239. The Morgan fingerprint density at radius 3 is 2.41 bits per heavy atom. The number of hydrogen-bond donors (Lipinski definition) is 0. The third-order valence-corrected chi connectivity index (χ3v) is 5.46. The highest BCUT2D eigenvalue weighted by atomic mass is 16.7. The number of ether oxygens (including phenoxy) is 3. The summed E-state index contributed by atoms with van der Waals surface area (Å²) in [5.41, 5.74) is 1.46. The van der Waals surface area contributed by atoms with Gasteiger partial charge in [0.05, 0.1) is 29.9 Å². The topological polar surface area (TPSA) is 75.5 Å². The molecule has 3 aromatic rings. The van der Waals surface area contributed by atoms with E-state index in [2.05, 4.69) is 10.1 Å². The molecule has 4 rings (SSSR count). The molecule has 2 heterocycles. The first kappa shape index (κ1) is 21.9. The second-order valence-electron chi connectivity index (χ2n) is 8.09. The predicted octanol–water partition coefficient (Wildman–Crippen LogP) is 4.29. The highest BCUT2D eigenvalue weighted by Crippen LogP contribution is 2.37. The zero-order chi connectivity index (χ0) is 22.4. The molecule has 0 amide bonds. The molecule has 1 aliphatic heterocycles. The summed E-state index contributed by atoms with van der Waals surface area (Å²) in [6.45, 7) is 4.76. The summed E-state index contributed by atoms with van der Waals surface area (Å²) in [6, 6.07) is 18.8. The van der Waals surface area contributed by atoms with E-state index in [1.807, 2.05) is 68.5 Å². The van der Waals surface area contributed by atoms with Crippen molar-refractivity contribution >= 4 is 17.7 Å². The van der Waals surface area contributed by atoms with Gasteiger partial charge in [-0.2, -0.15) is 5.10 Å². The molecule has 1 aromatic heterocycles. The molecule has 0 spiro atoms. The highest BCUT2D eigenvalue weighted by molar-refractivity contribution is 5.90. The molecule has 0 radical (unpaired) electrons. The maximum Gasteiger partial charge on any atom is 0.338 e. The van der Waals surface area contributed by atoms with E-state index in [4.69, 9.17) is 14.2 Å². The molecule has 0 aliphatic carbocycles. The third kappa shape index (κ3) is 4.95. The van der Waals surface area contributed by atoms with E-state index in [0.717, 1.165) is 12.0 Å². The molecule has 1 saturated heterocycles. The molecular formula is C25H27N3O4. The first-order chi connectivity index (χ1) is 15.6. The monoisotopic (exact) mass is 433 g/mol. The van der Waals surface area contributed by atoms with Crippen LogP contribution in [0.5, 0.6) is 0 Å². The minimum Gasteiger partial charge on any atom is -0.451 e. The van der Waals surface area contributed by atoms with Crippen LogP contribution in [0.1, 0.15) is 36.2 Å². The largest absolute Gasteiger partial charge is 0.451 e. The summed E-state index contributed by atoms with van der Waals surface area (Å²) < 4.78 is 19.7. The van der Waals surface area contributed by atoms with Crippen LogP contribution in [0.25, 0.3) is 11.8 Å². The number of rotatable bonds is 7. The zero-order valence-electron chi connectivity index (χ0n) is 18.3. The predicted molar refractivity (Wildman–Crippen MR) is 120 cm³/mol. The standard InChI is InChI=1S/C25H27N3O4/c1-3-22-30-15-25(2,16-31-22)23(32-24(29)20-12-8-5-9-13-20)21(28-18-26-17-27-28)14-19-10-6-4-7-11-19/h4-14,17-18,22-23H,3,15-16H2,1-2H3. The lowest BCUT2D eigenvalue weighted by atomic mass is 9.82. The van der Waals surface area contributed by atoms with Gasteiger partial charge in [-0.15, -0.1) is 0 Å². The van der Waals surface area contributed by atoms with Crippen LogP contribution in [0.2, 0.25) is 0 Å². The van der Waals surface area contributed by atoms with Crippen LogP contribution < -0.4 is 0 Å². The van der Waals surface area contributed by atoms with Crippen molar-refractivity contribution in [3.63, 3.8) is 0 Å². The van der Waals surface area contributed by atoms with E-state index in [1.165, 1.54) is 6.33 Å². The second-order valence-corrected chi connectivity index (χ2v) is 8.09. The Morgan fingerprint density at radius 2 is 1.81 bits per heavy atom. The van der Waals surface area contributed by atoms with Crippen LogP contribution in [-0.2, 0) is 14.2 Å². The first-order valence-electron chi connectivity index (χ1n) is 10.7. The van der Waals surface area contributed by atoms with Crippen LogP contribution in [0.4, 0.5) is 0 Å². The quantitative estimate of drug-likeness (QED) is 0.518. The number of esters is 1. The van der Waals surface area contributed by atoms with Gasteiger partial charge in [0.1, 0.15) is 12.7 Å². The summed E-state index contributed by atoms with van der Waals surface area (Å²) in [5.74, 6) is -0.423. The smallest absolute Gasteiger partial charge is 0.338 e. The van der Waals surface area contributed by atoms with Gasteiger partial charge in [-0.25, -0.2) is 14.5 Å². The van der Waals surface area contributed by atoms with Crippen LogP contribution in [0, 0.1) is 5.41 Å². The van der Waals surface area contributed by atoms with E-state index in [0.29, 0.717) is 24.5 Å². The SMILES string of the molecule is CCC1OCC(C)(C(OC(=O)c2ccccc2)C(=Cc2ccccc2)n2cncn2)CO1. The van der Waals surface area contributed by atoms with Gasteiger partial charge >= 0.3 is 5.97 Å². The van der Waals surface area contributed by atoms with Crippen molar-refractivity contribution in [2.75, 3.05) is 13.2 Å². The molecule has 2 aromatic carbocycles. The molecule has 1 atom stereocenters. The van der Waals surface area contributed by atoms with Gasteiger partial charge in [-0.3, -0.25) is 0 Å². The minimum atomic E-state index is -0.699. The Bertz CT molecular complexity index is 1030. The molecule has 0 saturated carbocycles. The van der Waals surface area contributed by atoms with Crippen LogP contribution in [0.15, 0.2) is 73.3 Å². The van der Waals surface area contributed by atoms with Crippen molar-refractivity contribution in [1.29, 1.82) is 0 Å². The maximum atomic E-state index is 13.1. The molecular weight excluding hydrogens is 406 g/mol. The second kappa shape index (κ2) is 9.89. The molecule has 1 unspecified atom stereocenters. The van der Waals surface area contributed by atoms with Gasteiger partial charge in [-0.05, 0) is 30.2 Å². The molecule has 166 valence electrons. The Kier molecular flexibility index (Phi) is 6.78. The van der Waals surface area contributed by atoms with Gasteiger partial charge < -0.3 is 14.2 Å². The Balaban J connectivity index is 1.75. The fourth-order valence-corrected chi connectivity index (χ4v) is 3.68. The molecule has 7 nitrogen and oxygen atoms in total. The average Bonchev–Trinajstić information content (AvgIpc) is 3.38. The number of carbonyl (C=O) groups excluding carboxylic acids is 1. The normalized spacial score (nSPS) is 22.3. The fraction of sp³-hybridized carbons (Fsp3) is 0.320. The number of aromatic nitrogens is 3. The van der Waals surface area contributed by atoms with Gasteiger partial charge in [0.2, 0.25) is 0 Å². The van der Waals surface area contributed by atoms with Gasteiger partial charge in [0, 0.05) is 0 Å². The Hall–Kier alpha value is -3.29. The van der Waals surface area contributed by atoms with Gasteiger partial charge in [0.25, 0.3) is 0 Å². The molecule has 1 fully saturated rings. The van der Waals surface area contributed by atoms with E-state index in [1.54, 1.807) is 23.1 Å². The Labute approximate surface area is 187 Å². The zero-order valence-corrected chi connectivity index (χ0v) is 18.3. The van der Waals surface area contributed by atoms with Crippen LogP contribution >= 0.6 is 0 Å². The number of nitrogens with zero attached hydrogens (tertiary/aromatic N) is 3. The molecule has 7 heteroatoms. The Morgan fingerprint density at radius 1 is 1.16 bits per heavy atom. The minimum absolute atomic E-state index is 0.263. The van der Waals surface area contributed by atoms with Crippen LogP contribution in [-0.4, -0.2) is 46.3 Å². The van der Waals surface area contributed by atoms with Crippen molar-refractivity contribution < 1.29 is 19.0 Å². The number of hydrogen-bond acceptors (Lipinski definition) is 6. The summed E-state index contributed by atoms with van der Waals surface area (Å²) in [4.78, 5) is 17.2. The molecule has 0 N–H and O–H groups in total. The van der Waals surface area contributed by atoms with E-state index in [-0.39, 0.29) is 6.29 Å². The van der Waals surface area contributed by atoms with Crippen molar-refractivity contribution in [2.24, 2.45) is 5.41 Å². The lowest BCUT2D eigenvalue weighted by Gasteiger charge is -2.42. The van der Waals surface area contributed by atoms with Crippen LogP contribution in [0.3, 0.4) is 0 Å². The maximum absolute atomic E-state index is 13.1. The highest BCUT2D eigenvalue weighted by Gasteiger charge is 2.45. The van der Waals surface area contributed by atoms with Crippen molar-refractivity contribution in [3.05, 3.63) is 84.4 Å². The summed E-state index contributed by atoms with van der Waals surface area (Å²) in [6.07, 6.45) is 4.80. The fourth-order valence-electron chi connectivity index (χ4n) is 3.68. The van der Waals surface area contributed by atoms with E-state index >= 15 is 0 Å². The van der Waals surface area contributed by atoms with Gasteiger partial charge in [-0.1, -0.05) is 62.4 Å². The summed E-state index contributed by atoms with van der Waals surface area (Å²) in [7, 11) is 0. The average molecular weight is 434 g/mol. The molecule has 0 bridgehead atoms. The lowest BCUT2D eigenvalue weighted by Crippen LogP contribution is -2.50. The molecule has 1 aliphatic rings. The molecule has 32 heavy (non-hydrogen) atoms. The van der Waals surface area contributed by atoms with Crippen molar-refractivity contribution in [1.82, 2.24) is 14.8 Å². The number of carbonyl (C=O) groups is 1. The summed E-state index contributed by atoms with van der Waals surface area (Å²) in [5, 5.41) is 4.34. The first-order valence-corrected chi connectivity index (χ1v) is 10.7. The van der Waals surface area contributed by atoms with Crippen molar-refractivity contribution in [3.8, 4) is 0 Å². The van der Waals surface area contributed by atoms with Gasteiger partial charge in [0.15, 0.2) is 12.4 Å². The van der Waals surface area contributed by atoms with E-state index < -0.39 is 17.5 Å². The van der Waals surface area contributed by atoms with Crippen molar-refractivity contribution in [2.45, 2.75) is 32.7 Å². The number of benzene rings is 2. The van der Waals surface area contributed by atoms with E-state index in [9.17, 15) is 4.79 Å². The third-order valence-electron chi connectivity index (χ3n) is 5.46. The summed E-state index contributed by atoms with van der Waals surface area (Å²) >= 11 is 0.